The number of nitrogens with one attached hydrogen (secondary N) is 1. The van der Waals surface area contributed by atoms with E-state index < -0.39 is 5.75 Å². The van der Waals surface area contributed by atoms with Gasteiger partial charge in [-0.15, -0.1) is 0 Å². The van der Waals surface area contributed by atoms with Gasteiger partial charge in [-0.3, -0.25) is 0 Å². The fourth-order valence-corrected chi connectivity index (χ4v) is 1.76. The van der Waals surface area contributed by atoms with Crippen molar-refractivity contribution in [2.75, 3.05) is 11.9 Å². The Bertz CT molecular complexity index is 680. The Morgan fingerprint density at radius 3 is 2.67 bits per heavy atom. The second-order valence-electron chi connectivity index (χ2n) is 4.27. The van der Waals surface area contributed by atoms with Crippen molar-refractivity contribution in [3.8, 4) is 29.1 Å². The molecular weight excluding hydrogens is 272 g/mol. The summed E-state index contributed by atoms with van der Waals surface area (Å²) in [6.45, 7) is 0.220. The molecular formula is C15H14N2O4. The van der Waals surface area contributed by atoms with Gasteiger partial charge >= 0.3 is 0 Å². The Kier molecular flexibility index (Phi) is 4.36. The highest BCUT2D eigenvalue weighted by Gasteiger charge is 2.10. The Morgan fingerprint density at radius 1 is 1.10 bits per heavy atom. The Morgan fingerprint density at radius 2 is 1.90 bits per heavy atom. The Balaban J connectivity index is 2.07. The van der Waals surface area contributed by atoms with Crippen LogP contribution in [0.5, 0.6) is 23.0 Å². The predicted octanol–water partition coefficient (Wildman–Crippen LogP) is 2.32. The van der Waals surface area contributed by atoms with Crippen LogP contribution in [0.15, 0.2) is 36.4 Å². The van der Waals surface area contributed by atoms with E-state index >= 15 is 0 Å². The Hall–Kier alpha value is -3.07. The number of hydrogen-bond donors (Lipinski definition) is 4. The van der Waals surface area contributed by atoms with Gasteiger partial charge in [0.15, 0.2) is 18.1 Å². The summed E-state index contributed by atoms with van der Waals surface area (Å²) in [5, 5.41) is 39.9. The van der Waals surface area contributed by atoms with E-state index in [4.69, 9.17) is 10.00 Å². The van der Waals surface area contributed by atoms with E-state index in [0.717, 1.165) is 5.69 Å². The van der Waals surface area contributed by atoms with Gasteiger partial charge in [0, 0.05) is 23.9 Å². The third-order valence-electron chi connectivity index (χ3n) is 2.83. The second-order valence-corrected chi connectivity index (χ2v) is 4.27. The second kappa shape index (κ2) is 6.39. The minimum atomic E-state index is -0.541. The Labute approximate surface area is 121 Å². The summed E-state index contributed by atoms with van der Waals surface area (Å²) in [5.41, 5.74) is 1.17. The average Bonchev–Trinajstić information content (AvgIpc) is 2.50. The average molecular weight is 286 g/mol. The number of aromatic hydroxyl groups is 3. The van der Waals surface area contributed by atoms with E-state index in [2.05, 4.69) is 5.32 Å². The molecule has 2 rings (SSSR count). The topological polar surface area (TPSA) is 106 Å². The first kappa shape index (κ1) is 14.3. The molecule has 0 aliphatic rings. The van der Waals surface area contributed by atoms with Crippen LogP contribution < -0.4 is 10.1 Å². The van der Waals surface area contributed by atoms with Crippen LogP contribution in [0.2, 0.25) is 0 Å². The van der Waals surface area contributed by atoms with Crippen molar-refractivity contribution >= 4 is 5.69 Å². The van der Waals surface area contributed by atoms with Crippen molar-refractivity contribution in [2.24, 2.45) is 0 Å². The molecule has 6 heteroatoms. The fourth-order valence-electron chi connectivity index (χ4n) is 1.76. The molecule has 0 aliphatic carbocycles. The van der Waals surface area contributed by atoms with Crippen molar-refractivity contribution in [1.29, 1.82) is 5.26 Å². The van der Waals surface area contributed by atoms with Crippen LogP contribution in [-0.2, 0) is 6.54 Å². The molecule has 0 heterocycles. The molecule has 0 aliphatic heterocycles. The molecule has 0 bridgehead atoms. The van der Waals surface area contributed by atoms with E-state index in [9.17, 15) is 15.3 Å². The molecule has 108 valence electrons. The summed E-state index contributed by atoms with van der Waals surface area (Å²) in [6, 6.07) is 11.7. The zero-order chi connectivity index (χ0) is 15.2. The van der Waals surface area contributed by atoms with Crippen LogP contribution >= 0.6 is 0 Å². The van der Waals surface area contributed by atoms with Gasteiger partial charge < -0.3 is 25.4 Å². The minimum absolute atomic E-state index is 0.0317. The lowest BCUT2D eigenvalue weighted by molar-refractivity contribution is 0.365. The van der Waals surface area contributed by atoms with Crippen LogP contribution in [0.1, 0.15) is 5.56 Å². The zero-order valence-corrected chi connectivity index (χ0v) is 11.1. The van der Waals surface area contributed by atoms with Gasteiger partial charge in [-0.25, -0.2) is 0 Å². The van der Waals surface area contributed by atoms with Crippen LogP contribution in [0.3, 0.4) is 0 Å². The molecule has 0 unspecified atom stereocenters. The van der Waals surface area contributed by atoms with Crippen molar-refractivity contribution in [1.82, 2.24) is 0 Å². The van der Waals surface area contributed by atoms with E-state index in [1.54, 1.807) is 24.3 Å². The molecule has 0 aromatic heterocycles. The smallest absolute Gasteiger partial charge is 0.200 e. The number of phenols is 3. The van der Waals surface area contributed by atoms with Crippen molar-refractivity contribution < 1.29 is 20.1 Å². The van der Waals surface area contributed by atoms with Crippen LogP contribution in [0.4, 0.5) is 5.69 Å². The SMILES string of the molecule is N#CCOc1cccc(NCc2ccc(O)c(O)c2O)c1. The highest BCUT2D eigenvalue weighted by atomic mass is 16.5. The van der Waals surface area contributed by atoms with E-state index in [1.807, 2.05) is 6.07 Å². The molecule has 21 heavy (non-hydrogen) atoms. The number of phenolic OH excluding ortho intramolecular Hbond substituents is 3. The normalized spacial score (nSPS) is 9.86. The predicted molar refractivity (Wildman–Crippen MR) is 76.3 cm³/mol. The number of hydrogen-bond acceptors (Lipinski definition) is 6. The van der Waals surface area contributed by atoms with E-state index in [-0.39, 0.29) is 24.7 Å². The molecule has 0 saturated carbocycles. The lowest BCUT2D eigenvalue weighted by Gasteiger charge is -2.11. The summed E-state index contributed by atoms with van der Waals surface area (Å²) >= 11 is 0. The molecule has 0 fully saturated rings. The summed E-state index contributed by atoms with van der Waals surface area (Å²) in [7, 11) is 0. The summed E-state index contributed by atoms with van der Waals surface area (Å²) in [6.07, 6.45) is 0. The highest BCUT2D eigenvalue weighted by molar-refractivity contribution is 5.55. The maximum atomic E-state index is 9.72. The number of benzene rings is 2. The molecule has 4 N–H and O–H groups in total. The maximum absolute atomic E-state index is 9.72. The van der Waals surface area contributed by atoms with E-state index in [0.29, 0.717) is 11.3 Å². The molecule has 0 atom stereocenters. The fraction of sp³-hybridized carbons (Fsp3) is 0.133. The quantitative estimate of drug-likeness (QED) is 0.629. The van der Waals surface area contributed by atoms with Gasteiger partial charge in [0.05, 0.1) is 0 Å². The molecule has 0 amide bonds. The lowest BCUT2D eigenvalue weighted by Crippen LogP contribution is -2.00. The van der Waals surface area contributed by atoms with Gasteiger partial charge in [-0.1, -0.05) is 6.07 Å². The van der Waals surface area contributed by atoms with Crippen molar-refractivity contribution in [3.05, 3.63) is 42.0 Å². The largest absolute Gasteiger partial charge is 0.504 e. The van der Waals surface area contributed by atoms with Gasteiger partial charge in [-0.2, -0.15) is 5.26 Å². The number of anilines is 1. The first-order valence-electron chi connectivity index (χ1n) is 6.18. The maximum Gasteiger partial charge on any atom is 0.200 e. The lowest BCUT2D eigenvalue weighted by atomic mass is 10.1. The minimum Gasteiger partial charge on any atom is -0.504 e. The molecule has 6 nitrogen and oxygen atoms in total. The number of nitriles is 1. The van der Waals surface area contributed by atoms with Gasteiger partial charge in [0.25, 0.3) is 0 Å². The van der Waals surface area contributed by atoms with E-state index in [1.165, 1.54) is 12.1 Å². The molecule has 0 saturated heterocycles. The number of nitrogens with zero attached hydrogens (tertiary/aromatic N) is 1. The zero-order valence-electron chi connectivity index (χ0n) is 11.1. The molecule has 0 radical (unpaired) electrons. The van der Waals surface area contributed by atoms with Crippen LogP contribution in [0, 0.1) is 11.3 Å². The first-order chi connectivity index (χ1) is 10.1. The van der Waals surface area contributed by atoms with Crippen molar-refractivity contribution in [3.63, 3.8) is 0 Å². The van der Waals surface area contributed by atoms with Crippen LogP contribution in [-0.4, -0.2) is 21.9 Å². The molecule has 0 spiro atoms. The molecule has 2 aromatic rings. The number of rotatable bonds is 5. The number of ether oxygens (including phenoxy) is 1. The standard InChI is InChI=1S/C15H14N2O4/c16-6-7-21-12-3-1-2-11(8-12)17-9-10-4-5-13(18)15(20)14(10)19/h1-5,8,17-20H,7,9H2. The summed E-state index contributed by atoms with van der Waals surface area (Å²) in [4.78, 5) is 0. The molecule has 2 aromatic carbocycles. The van der Waals surface area contributed by atoms with Gasteiger partial charge in [-0.05, 0) is 24.3 Å². The summed E-state index contributed by atoms with van der Waals surface area (Å²) < 4.78 is 5.18. The van der Waals surface area contributed by atoms with Gasteiger partial charge in [0.1, 0.15) is 11.8 Å². The van der Waals surface area contributed by atoms with Crippen molar-refractivity contribution in [2.45, 2.75) is 6.54 Å². The third-order valence-corrected chi connectivity index (χ3v) is 2.83. The highest BCUT2D eigenvalue weighted by Crippen LogP contribution is 2.37. The first-order valence-corrected chi connectivity index (χ1v) is 6.18. The summed E-state index contributed by atoms with van der Waals surface area (Å²) in [5.74, 6) is -0.720. The monoisotopic (exact) mass is 286 g/mol. The van der Waals surface area contributed by atoms with Gasteiger partial charge in [0.2, 0.25) is 5.75 Å². The van der Waals surface area contributed by atoms with Crippen LogP contribution in [0.25, 0.3) is 0 Å². The third kappa shape index (κ3) is 3.48.